The van der Waals surface area contributed by atoms with Crippen LogP contribution in [-0.2, 0) is 23.8 Å². The molecule has 8 nitrogen and oxygen atoms in total. The zero-order valence-electron chi connectivity index (χ0n) is 21.0. The van der Waals surface area contributed by atoms with Crippen LogP contribution in [-0.4, -0.2) is 71.9 Å². The summed E-state index contributed by atoms with van der Waals surface area (Å²) >= 11 is 0. The second-order valence-electron chi connectivity index (χ2n) is 10.2. The maximum Gasteiger partial charge on any atom is 0.306 e. The van der Waals surface area contributed by atoms with Crippen molar-refractivity contribution in [2.24, 2.45) is 5.92 Å². The Kier molecular flexibility index (Phi) is 10.5. The van der Waals surface area contributed by atoms with Crippen LogP contribution in [0.1, 0.15) is 65.2 Å². The van der Waals surface area contributed by atoms with Crippen LogP contribution in [0.25, 0.3) is 0 Å². The molecule has 3 aliphatic heterocycles. The third kappa shape index (κ3) is 9.52. The van der Waals surface area contributed by atoms with Crippen molar-refractivity contribution in [2.45, 2.75) is 102 Å². The number of aliphatic hydroxyl groups is 2. The lowest BCUT2D eigenvalue weighted by Crippen LogP contribution is -2.33. The van der Waals surface area contributed by atoms with Crippen molar-refractivity contribution in [1.82, 2.24) is 5.32 Å². The third-order valence-electron chi connectivity index (χ3n) is 6.72. The van der Waals surface area contributed by atoms with Crippen LogP contribution in [0, 0.1) is 5.92 Å². The van der Waals surface area contributed by atoms with E-state index in [4.69, 9.17) is 14.2 Å². The van der Waals surface area contributed by atoms with E-state index in [2.05, 4.69) is 11.9 Å². The number of rotatable bonds is 3. The Morgan fingerprint density at radius 3 is 2.77 bits per heavy atom. The van der Waals surface area contributed by atoms with Gasteiger partial charge in [0.05, 0.1) is 24.9 Å². The lowest BCUT2D eigenvalue weighted by Gasteiger charge is -2.23. The molecule has 196 valence electrons. The van der Waals surface area contributed by atoms with Gasteiger partial charge in [-0.25, -0.2) is 0 Å². The lowest BCUT2D eigenvalue weighted by molar-refractivity contribution is -0.154. The number of hydrogen-bond acceptors (Lipinski definition) is 7. The topological polar surface area (TPSA) is 118 Å². The summed E-state index contributed by atoms with van der Waals surface area (Å²) in [4.78, 5) is 24.6. The molecule has 3 aliphatic rings. The number of esters is 1. The van der Waals surface area contributed by atoms with Gasteiger partial charge in [0.25, 0.3) is 0 Å². The summed E-state index contributed by atoms with van der Waals surface area (Å²) in [5.74, 6) is -0.303. The van der Waals surface area contributed by atoms with Gasteiger partial charge >= 0.3 is 5.97 Å². The molecule has 2 saturated heterocycles. The van der Waals surface area contributed by atoms with Crippen LogP contribution in [0.5, 0.6) is 0 Å². The standard InChI is InChI=1S/C27H41NO7/c1-17-9-11-33-20(13-17)7-8-21(29)23-16-24-27(35-24)22(30)14-18(2)12-19(3)15-25(31)28-10-5-4-6-26(32)34-23/h7-9,19-24,27,29-30H,2,4-6,10-16H2,1,3H3,(H,28,31)/b8-7+/t19-,20+,21-,22-,23-,24+,27-/m0/s1. The molecule has 0 spiro atoms. The Balaban J connectivity index is 1.63. The van der Waals surface area contributed by atoms with E-state index in [1.54, 1.807) is 6.08 Å². The minimum atomic E-state index is -1.02. The molecule has 2 fully saturated rings. The highest BCUT2D eigenvalue weighted by Crippen LogP contribution is 2.34. The first-order valence-electron chi connectivity index (χ1n) is 12.8. The monoisotopic (exact) mass is 491 g/mol. The van der Waals surface area contributed by atoms with Gasteiger partial charge in [-0.2, -0.15) is 0 Å². The van der Waals surface area contributed by atoms with Gasteiger partial charge in [0.2, 0.25) is 5.91 Å². The van der Waals surface area contributed by atoms with Crippen molar-refractivity contribution in [2.75, 3.05) is 13.2 Å². The molecule has 3 heterocycles. The fourth-order valence-corrected chi connectivity index (χ4v) is 4.73. The molecule has 0 saturated carbocycles. The summed E-state index contributed by atoms with van der Waals surface area (Å²) < 4.78 is 17.0. The lowest BCUT2D eigenvalue weighted by atomic mass is 9.93. The fourth-order valence-electron chi connectivity index (χ4n) is 4.73. The van der Waals surface area contributed by atoms with Crippen molar-refractivity contribution in [1.29, 1.82) is 0 Å². The first-order valence-corrected chi connectivity index (χ1v) is 12.8. The summed E-state index contributed by atoms with van der Waals surface area (Å²) in [5.41, 5.74) is 2.11. The van der Waals surface area contributed by atoms with Gasteiger partial charge in [0.1, 0.15) is 18.3 Å². The number of hydrogen-bond donors (Lipinski definition) is 3. The summed E-state index contributed by atoms with van der Waals surface area (Å²) in [6, 6.07) is 0. The van der Waals surface area contributed by atoms with Gasteiger partial charge in [0, 0.05) is 25.8 Å². The zero-order valence-corrected chi connectivity index (χ0v) is 21.0. The minimum absolute atomic E-state index is 0.0252. The molecule has 3 N–H and O–H groups in total. The fraction of sp³-hybridized carbons (Fsp3) is 0.704. The van der Waals surface area contributed by atoms with Crippen LogP contribution in [0.4, 0.5) is 0 Å². The molecule has 0 unspecified atom stereocenters. The van der Waals surface area contributed by atoms with Gasteiger partial charge in [-0.15, -0.1) is 0 Å². The Hall–Kier alpha value is -2.00. The molecule has 0 aliphatic carbocycles. The second kappa shape index (κ2) is 13.3. The summed E-state index contributed by atoms with van der Waals surface area (Å²) in [6.45, 7) is 9.15. The second-order valence-corrected chi connectivity index (χ2v) is 10.2. The molecule has 0 radical (unpaired) electrons. The SMILES string of the molecule is C=C1C[C@H](C)CC(=O)NCCCCC(=O)O[C@H]([C@@H](O)/C=C/[C@@H]2CC(C)=CCO2)C[C@H]2O[C@H]2[C@@H](O)C1. The van der Waals surface area contributed by atoms with Gasteiger partial charge in [0.15, 0.2) is 0 Å². The number of ether oxygens (including phenoxy) is 3. The summed E-state index contributed by atoms with van der Waals surface area (Å²) in [6.07, 6.45) is 6.03. The van der Waals surface area contributed by atoms with Crippen molar-refractivity contribution in [3.8, 4) is 0 Å². The Morgan fingerprint density at radius 2 is 2.00 bits per heavy atom. The third-order valence-corrected chi connectivity index (χ3v) is 6.72. The molecule has 7 atom stereocenters. The van der Waals surface area contributed by atoms with E-state index in [-0.39, 0.29) is 30.5 Å². The highest BCUT2D eigenvalue weighted by Gasteiger charge is 2.46. The average Bonchev–Trinajstić information content (AvgIpc) is 3.55. The molecule has 0 bridgehead atoms. The van der Waals surface area contributed by atoms with Gasteiger partial charge in [-0.1, -0.05) is 42.9 Å². The summed E-state index contributed by atoms with van der Waals surface area (Å²) in [7, 11) is 0. The number of amides is 1. The molecular formula is C27H41NO7. The normalized spacial score (nSPS) is 35.2. The quantitative estimate of drug-likeness (QED) is 0.316. The first kappa shape index (κ1) is 27.6. The Bertz CT molecular complexity index is 807. The molecule has 1 amide bonds. The number of carbonyl (C=O) groups excluding carboxylic acids is 2. The van der Waals surface area contributed by atoms with Gasteiger partial charge in [-0.05, 0) is 44.9 Å². The maximum atomic E-state index is 12.5. The van der Waals surface area contributed by atoms with E-state index >= 15 is 0 Å². The van der Waals surface area contributed by atoms with E-state index < -0.39 is 30.4 Å². The van der Waals surface area contributed by atoms with E-state index in [0.717, 1.165) is 12.0 Å². The number of fused-ring (bicyclic) bond motifs is 1. The van der Waals surface area contributed by atoms with Gasteiger partial charge in [-0.3, -0.25) is 9.59 Å². The van der Waals surface area contributed by atoms with E-state index in [0.29, 0.717) is 51.7 Å². The first-order chi connectivity index (χ1) is 16.7. The molecule has 3 rings (SSSR count). The molecule has 8 heteroatoms. The predicted molar refractivity (Wildman–Crippen MR) is 131 cm³/mol. The smallest absolute Gasteiger partial charge is 0.306 e. The van der Waals surface area contributed by atoms with Crippen LogP contribution in [0.15, 0.2) is 36.0 Å². The highest BCUT2D eigenvalue weighted by molar-refractivity contribution is 5.76. The van der Waals surface area contributed by atoms with Crippen LogP contribution in [0.2, 0.25) is 0 Å². The van der Waals surface area contributed by atoms with Crippen molar-refractivity contribution in [3.63, 3.8) is 0 Å². The summed E-state index contributed by atoms with van der Waals surface area (Å²) in [5, 5.41) is 24.4. The Labute approximate surface area is 208 Å². The van der Waals surface area contributed by atoms with E-state index in [9.17, 15) is 19.8 Å². The number of aliphatic hydroxyl groups excluding tert-OH is 2. The van der Waals surface area contributed by atoms with Crippen molar-refractivity contribution >= 4 is 11.9 Å². The van der Waals surface area contributed by atoms with E-state index in [1.807, 2.05) is 26.0 Å². The molecular weight excluding hydrogens is 450 g/mol. The molecule has 35 heavy (non-hydrogen) atoms. The molecule has 0 aromatic carbocycles. The highest BCUT2D eigenvalue weighted by atomic mass is 16.6. The maximum absolute atomic E-state index is 12.5. The Morgan fingerprint density at radius 1 is 1.20 bits per heavy atom. The number of epoxide rings is 1. The number of cyclic esters (lactones) is 1. The van der Waals surface area contributed by atoms with Gasteiger partial charge < -0.3 is 29.7 Å². The number of carbonyl (C=O) groups is 2. The van der Waals surface area contributed by atoms with Crippen LogP contribution >= 0.6 is 0 Å². The van der Waals surface area contributed by atoms with Crippen LogP contribution in [0.3, 0.4) is 0 Å². The predicted octanol–water partition coefficient (Wildman–Crippen LogP) is 2.73. The zero-order chi connectivity index (χ0) is 25.4. The average molecular weight is 492 g/mol. The molecule has 0 aromatic heterocycles. The minimum Gasteiger partial charge on any atom is -0.459 e. The largest absolute Gasteiger partial charge is 0.459 e. The van der Waals surface area contributed by atoms with Crippen molar-refractivity contribution in [3.05, 3.63) is 36.0 Å². The van der Waals surface area contributed by atoms with E-state index in [1.165, 1.54) is 5.57 Å². The molecule has 0 aromatic rings. The van der Waals surface area contributed by atoms with Crippen LogP contribution < -0.4 is 5.32 Å². The van der Waals surface area contributed by atoms with Crippen molar-refractivity contribution < 1.29 is 34.0 Å². The number of nitrogens with one attached hydrogen (secondary N) is 1.